The molecule has 0 aliphatic carbocycles. The molecule has 0 saturated carbocycles. The highest BCUT2D eigenvalue weighted by Crippen LogP contribution is 2.13. The van der Waals surface area contributed by atoms with Crippen LogP contribution in [0.5, 0.6) is 0 Å². The molecule has 116 valence electrons. The summed E-state index contributed by atoms with van der Waals surface area (Å²) in [5, 5.41) is 11.7. The summed E-state index contributed by atoms with van der Waals surface area (Å²) in [7, 11) is 0. The summed E-state index contributed by atoms with van der Waals surface area (Å²) in [6.07, 6.45) is 1.27. The minimum atomic E-state index is -0.515. The number of halogens is 1. The summed E-state index contributed by atoms with van der Waals surface area (Å²) in [6.45, 7) is 3.58. The SMILES string of the molecule is CCC(CCO)NC(=O)CC(C)C(=O)c1cccc(F)c1. The number of benzene rings is 1. The third kappa shape index (κ3) is 5.63. The van der Waals surface area contributed by atoms with E-state index in [9.17, 15) is 14.0 Å². The van der Waals surface area contributed by atoms with Crippen molar-refractivity contribution < 1.29 is 19.1 Å². The third-order valence-corrected chi connectivity index (χ3v) is 3.38. The van der Waals surface area contributed by atoms with Crippen molar-refractivity contribution in [1.82, 2.24) is 5.32 Å². The van der Waals surface area contributed by atoms with Crippen molar-refractivity contribution in [2.75, 3.05) is 6.61 Å². The minimum Gasteiger partial charge on any atom is -0.396 e. The number of aliphatic hydroxyl groups is 1. The van der Waals surface area contributed by atoms with Gasteiger partial charge in [0.05, 0.1) is 0 Å². The summed E-state index contributed by atoms with van der Waals surface area (Å²) in [6, 6.07) is 5.38. The van der Waals surface area contributed by atoms with E-state index in [2.05, 4.69) is 5.32 Å². The van der Waals surface area contributed by atoms with E-state index in [1.165, 1.54) is 18.2 Å². The maximum absolute atomic E-state index is 13.1. The van der Waals surface area contributed by atoms with Crippen LogP contribution in [0, 0.1) is 11.7 Å². The predicted octanol–water partition coefficient (Wildman–Crippen LogP) is 2.31. The molecule has 2 N–H and O–H groups in total. The fraction of sp³-hybridized carbons (Fsp3) is 0.500. The maximum Gasteiger partial charge on any atom is 0.220 e. The molecule has 0 radical (unpaired) electrons. The molecule has 2 atom stereocenters. The van der Waals surface area contributed by atoms with Crippen molar-refractivity contribution >= 4 is 11.7 Å². The van der Waals surface area contributed by atoms with E-state index < -0.39 is 11.7 Å². The molecule has 21 heavy (non-hydrogen) atoms. The van der Waals surface area contributed by atoms with E-state index in [0.717, 1.165) is 6.42 Å². The Bertz CT molecular complexity index is 490. The Hall–Kier alpha value is -1.75. The second kappa shape index (κ2) is 8.52. The smallest absolute Gasteiger partial charge is 0.220 e. The Morgan fingerprint density at radius 2 is 2.10 bits per heavy atom. The lowest BCUT2D eigenvalue weighted by molar-refractivity contribution is -0.122. The second-order valence-corrected chi connectivity index (χ2v) is 5.16. The van der Waals surface area contributed by atoms with Crippen LogP contribution in [0.1, 0.15) is 43.5 Å². The van der Waals surface area contributed by atoms with Crippen molar-refractivity contribution in [3.63, 3.8) is 0 Å². The van der Waals surface area contributed by atoms with Crippen molar-refractivity contribution in [3.05, 3.63) is 35.6 Å². The summed E-state index contributed by atoms with van der Waals surface area (Å²) in [5.41, 5.74) is 0.276. The highest BCUT2D eigenvalue weighted by Gasteiger charge is 2.20. The van der Waals surface area contributed by atoms with E-state index in [0.29, 0.717) is 6.42 Å². The molecular weight excluding hydrogens is 273 g/mol. The highest BCUT2D eigenvalue weighted by atomic mass is 19.1. The Morgan fingerprint density at radius 1 is 1.38 bits per heavy atom. The van der Waals surface area contributed by atoms with Gasteiger partial charge < -0.3 is 10.4 Å². The number of aliphatic hydroxyl groups excluding tert-OH is 1. The Morgan fingerprint density at radius 3 is 2.67 bits per heavy atom. The first-order chi connectivity index (χ1) is 9.97. The number of rotatable bonds is 8. The van der Waals surface area contributed by atoms with Crippen LogP contribution in [-0.2, 0) is 4.79 Å². The van der Waals surface area contributed by atoms with Crippen LogP contribution in [0.2, 0.25) is 0 Å². The molecule has 0 aromatic heterocycles. The maximum atomic E-state index is 13.1. The van der Waals surface area contributed by atoms with Crippen LogP contribution in [-0.4, -0.2) is 29.4 Å². The molecule has 0 aliphatic heterocycles. The van der Waals surface area contributed by atoms with Crippen molar-refractivity contribution in [2.24, 2.45) is 5.92 Å². The first-order valence-corrected chi connectivity index (χ1v) is 7.17. The van der Waals surface area contributed by atoms with Crippen LogP contribution < -0.4 is 5.32 Å². The van der Waals surface area contributed by atoms with Crippen LogP contribution >= 0.6 is 0 Å². The summed E-state index contributed by atoms with van der Waals surface area (Å²) < 4.78 is 13.1. The number of ketones is 1. The number of hydrogen-bond donors (Lipinski definition) is 2. The molecule has 0 saturated heterocycles. The largest absolute Gasteiger partial charge is 0.396 e. The zero-order chi connectivity index (χ0) is 15.8. The molecule has 0 fully saturated rings. The molecule has 0 bridgehead atoms. The molecule has 1 aromatic rings. The van der Waals surface area contributed by atoms with Gasteiger partial charge in [-0.2, -0.15) is 0 Å². The van der Waals surface area contributed by atoms with Crippen molar-refractivity contribution in [2.45, 2.75) is 39.2 Å². The molecule has 4 nitrogen and oxygen atoms in total. The summed E-state index contributed by atoms with van der Waals surface area (Å²) in [4.78, 5) is 24.0. The van der Waals surface area contributed by atoms with Crippen molar-refractivity contribution in [3.8, 4) is 0 Å². The third-order valence-electron chi connectivity index (χ3n) is 3.38. The van der Waals surface area contributed by atoms with Crippen LogP contribution in [0.25, 0.3) is 0 Å². The van der Waals surface area contributed by atoms with Gasteiger partial charge in [0.15, 0.2) is 5.78 Å². The van der Waals surface area contributed by atoms with Gasteiger partial charge >= 0.3 is 0 Å². The number of amides is 1. The lowest BCUT2D eigenvalue weighted by Gasteiger charge is -2.17. The van der Waals surface area contributed by atoms with E-state index >= 15 is 0 Å². The van der Waals surface area contributed by atoms with Gasteiger partial charge in [-0.1, -0.05) is 26.0 Å². The molecule has 1 rings (SSSR count). The van der Waals surface area contributed by atoms with Crippen LogP contribution in [0.4, 0.5) is 4.39 Å². The first kappa shape index (κ1) is 17.3. The lowest BCUT2D eigenvalue weighted by atomic mass is 9.96. The topological polar surface area (TPSA) is 66.4 Å². The second-order valence-electron chi connectivity index (χ2n) is 5.16. The lowest BCUT2D eigenvalue weighted by Crippen LogP contribution is -2.36. The molecule has 1 amide bonds. The number of carbonyl (C=O) groups is 2. The Balaban J connectivity index is 2.57. The van der Waals surface area contributed by atoms with Crippen LogP contribution in [0.15, 0.2) is 24.3 Å². The fourth-order valence-electron chi connectivity index (χ4n) is 2.12. The highest BCUT2D eigenvalue weighted by molar-refractivity contribution is 5.99. The number of hydrogen-bond acceptors (Lipinski definition) is 3. The molecular formula is C16H22FNO3. The van der Waals surface area contributed by atoms with Gasteiger partial charge in [-0.3, -0.25) is 9.59 Å². The summed E-state index contributed by atoms with van der Waals surface area (Å²) in [5.74, 6) is -1.46. The molecule has 1 aromatic carbocycles. The zero-order valence-electron chi connectivity index (χ0n) is 12.4. The number of carbonyl (C=O) groups excluding carboxylic acids is 2. The number of nitrogens with one attached hydrogen (secondary N) is 1. The van der Waals surface area contributed by atoms with Gasteiger partial charge in [-0.15, -0.1) is 0 Å². The minimum absolute atomic E-state index is 0.0105. The van der Waals surface area contributed by atoms with Crippen molar-refractivity contribution in [1.29, 1.82) is 0 Å². The average molecular weight is 295 g/mol. The zero-order valence-corrected chi connectivity index (χ0v) is 12.4. The molecule has 0 spiro atoms. The average Bonchev–Trinajstić information content (AvgIpc) is 2.45. The molecule has 0 heterocycles. The monoisotopic (exact) mass is 295 g/mol. The molecule has 5 heteroatoms. The van der Waals surface area contributed by atoms with Gasteiger partial charge in [0.25, 0.3) is 0 Å². The van der Waals surface area contributed by atoms with E-state index in [-0.39, 0.29) is 36.3 Å². The Kier molecular flexibility index (Phi) is 7.02. The van der Waals surface area contributed by atoms with E-state index in [4.69, 9.17) is 5.11 Å². The Labute approximate surface area is 124 Å². The van der Waals surface area contributed by atoms with Gasteiger partial charge in [0.2, 0.25) is 5.91 Å². The standard InChI is InChI=1S/C16H22FNO3/c1-3-14(7-8-19)18-15(20)9-11(2)16(21)12-5-4-6-13(17)10-12/h4-6,10-11,14,19H,3,7-9H2,1-2H3,(H,18,20). The van der Waals surface area contributed by atoms with Crippen LogP contribution in [0.3, 0.4) is 0 Å². The fourth-order valence-corrected chi connectivity index (χ4v) is 2.12. The predicted molar refractivity (Wildman–Crippen MR) is 78.4 cm³/mol. The number of Topliss-reactive ketones (excluding diaryl/α,β-unsaturated/α-hetero) is 1. The van der Waals surface area contributed by atoms with E-state index in [1.54, 1.807) is 13.0 Å². The van der Waals surface area contributed by atoms with Gasteiger partial charge in [0, 0.05) is 30.6 Å². The normalized spacial score (nSPS) is 13.5. The van der Waals surface area contributed by atoms with Gasteiger partial charge in [-0.25, -0.2) is 4.39 Å². The van der Waals surface area contributed by atoms with Gasteiger partial charge in [0.1, 0.15) is 5.82 Å². The first-order valence-electron chi connectivity index (χ1n) is 7.17. The molecule has 2 unspecified atom stereocenters. The van der Waals surface area contributed by atoms with E-state index in [1.807, 2.05) is 6.92 Å². The summed E-state index contributed by atoms with van der Waals surface area (Å²) >= 11 is 0. The molecule has 0 aliphatic rings. The van der Waals surface area contributed by atoms with Gasteiger partial charge in [-0.05, 0) is 25.0 Å². The quantitative estimate of drug-likeness (QED) is 0.723.